The summed E-state index contributed by atoms with van der Waals surface area (Å²) in [7, 11) is -3.13. The summed E-state index contributed by atoms with van der Waals surface area (Å²) in [6.07, 6.45) is 0.992. The van der Waals surface area contributed by atoms with E-state index < -0.39 is 7.14 Å². The summed E-state index contributed by atoms with van der Waals surface area (Å²) in [6.45, 7) is 0. The lowest BCUT2D eigenvalue weighted by atomic mass is 10.1. The molecule has 0 atom stereocenters. The van der Waals surface area contributed by atoms with E-state index in [0.29, 0.717) is 16.2 Å². The normalized spacial score (nSPS) is 11.9. The van der Waals surface area contributed by atoms with Gasteiger partial charge in [-0.1, -0.05) is 91.0 Å². The first kappa shape index (κ1) is 17.9. The van der Waals surface area contributed by atoms with Gasteiger partial charge in [0.15, 0.2) is 12.9 Å². The van der Waals surface area contributed by atoms with Crippen LogP contribution in [0.2, 0.25) is 0 Å². The van der Waals surface area contributed by atoms with Crippen LogP contribution in [0.5, 0.6) is 0 Å². The van der Waals surface area contributed by atoms with Crippen molar-refractivity contribution in [3.63, 3.8) is 0 Å². The SMILES string of the molecule is O=C(C=C(O)c1ccccc1)CP(=O)(c1ccccc1)c1ccccc1. The molecule has 3 rings (SSSR count). The molecular weight excluding hydrogens is 343 g/mol. The fourth-order valence-corrected chi connectivity index (χ4v) is 5.28. The van der Waals surface area contributed by atoms with Crippen LogP contribution >= 0.6 is 7.14 Å². The number of hydrogen-bond donors (Lipinski definition) is 1. The maximum absolute atomic E-state index is 13.8. The van der Waals surface area contributed by atoms with E-state index in [1.807, 2.05) is 42.5 Å². The van der Waals surface area contributed by atoms with Crippen LogP contribution in [0.25, 0.3) is 5.76 Å². The van der Waals surface area contributed by atoms with E-state index in [4.69, 9.17) is 0 Å². The largest absolute Gasteiger partial charge is 0.507 e. The second-order valence-electron chi connectivity index (χ2n) is 5.93. The number of rotatable bonds is 6. The predicted octanol–water partition coefficient (Wildman–Crippen LogP) is 4.17. The van der Waals surface area contributed by atoms with Gasteiger partial charge in [-0.3, -0.25) is 4.79 Å². The van der Waals surface area contributed by atoms with Crippen molar-refractivity contribution < 1.29 is 14.5 Å². The Labute approximate surface area is 153 Å². The van der Waals surface area contributed by atoms with Gasteiger partial charge in [-0.15, -0.1) is 0 Å². The molecule has 26 heavy (non-hydrogen) atoms. The minimum absolute atomic E-state index is 0.122. The molecule has 0 heterocycles. The molecule has 0 spiro atoms. The van der Waals surface area contributed by atoms with Gasteiger partial charge in [-0.2, -0.15) is 0 Å². The van der Waals surface area contributed by atoms with Gasteiger partial charge in [0.2, 0.25) is 0 Å². The first-order valence-electron chi connectivity index (χ1n) is 8.29. The average molecular weight is 362 g/mol. The summed E-state index contributed by atoms with van der Waals surface area (Å²) in [6, 6.07) is 26.9. The van der Waals surface area contributed by atoms with Gasteiger partial charge in [0.05, 0.1) is 6.16 Å². The summed E-state index contributed by atoms with van der Waals surface area (Å²) < 4.78 is 13.8. The monoisotopic (exact) mass is 362 g/mol. The Kier molecular flexibility index (Phi) is 5.50. The van der Waals surface area contributed by atoms with Crippen molar-refractivity contribution in [2.45, 2.75) is 0 Å². The van der Waals surface area contributed by atoms with Crippen LogP contribution in [0.4, 0.5) is 0 Å². The molecule has 0 aliphatic carbocycles. The van der Waals surface area contributed by atoms with Crippen LogP contribution in [0.15, 0.2) is 97.1 Å². The first-order valence-corrected chi connectivity index (χ1v) is 10.2. The second-order valence-corrected chi connectivity index (χ2v) is 8.76. The summed E-state index contributed by atoms with van der Waals surface area (Å²) in [5.74, 6) is -0.495. The quantitative estimate of drug-likeness (QED) is 0.407. The topological polar surface area (TPSA) is 54.4 Å². The molecule has 0 amide bonds. The van der Waals surface area contributed by atoms with Crippen LogP contribution in [-0.4, -0.2) is 17.1 Å². The van der Waals surface area contributed by atoms with E-state index in [2.05, 4.69) is 0 Å². The minimum atomic E-state index is -3.13. The maximum atomic E-state index is 13.8. The van der Waals surface area contributed by atoms with Crippen molar-refractivity contribution in [2.75, 3.05) is 6.16 Å². The molecule has 0 saturated heterocycles. The van der Waals surface area contributed by atoms with Crippen LogP contribution < -0.4 is 10.6 Å². The highest BCUT2D eigenvalue weighted by Gasteiger charge is 2.29. The molecule has 0 aliphatic heterocycles. The van der Waals surface area contributed by atoms with Crippen molar-refractivity contribution in [3.8, 4) is 0 Å². The summed E-state index contributed by atoms with van der Waals surface area (Å²) in [4.78, 5) is 12.6. The maximum Gasteiger partial charge on any atom is 0.167 e. The molecule has 0 unspecified atom stereocenters. The van der Waals surface area contributed by atoms with Crippen molar-refractivity contribution in [3.05, 3.63) is 103 Å². The third kappa shape index (κ3) is 4.01. The van der Waals surface area contributed by atoms with Gasteiger partial charge < -0.3 is 9.67 Å². The highest BCUT2D eigenvalue weighted by molar-refractivity contribution is 7.79. The molecule has 0 bridgehead atoms. The van der Waals surface area contributed by atoms with Gasteiger partial charge in [-0.25, -0.2) is 0 Å². The Morgan fingerprint density at radius 2 is 1.19 bits per heavy atom. The highest BCUT2D eigenvalue weighted by atomic mass is 31.2. The molecule has 0 fully saturated rings. The molecule has 4 heteroatoms. The number of benzene rings is 3. The van der Waals surface area contributed by atoms with Crippen molar-refractivity contribution >= 4 is 29.3 Å². The van der Waals surface area contributed by atoms with Crippen molar-refractivity contribution in [2.24, 2.45) is 0 Å². The van der Waals surface area contributed by atoms with Crippen LogP contribution in [0, 0.1) is 0 Å². The van der Waals surface area contributed by atoms with Gasteiger partial charge in [0.25, 0.3) is 0 Å². The van der Waals surface area contributed by atoms with E-state index in [-0.39, 0.29) is 17.7 Å². The molecule has 0 aliphatic rings. The van der Waals surface area contributed by atoms with Crippen LogP contribution in [-0.2, 0) is 9.36 Å². The third-order valence-electron chi connectivity index (χ3n) is 4.09. The number of aliphatic hydroxyl groups is 1. The molecule has 3 aromatic rings. The van der Waals surface area contributed by atoms with E-state index in [0.717, 1.165) is 6.08 Å². The summed E-state index contributed by atoms with van der Waals surface area (Å²) in [5.41, 5.74) is 0.551. The Morgan fingerprint density at radius 1 is 0.769 bits per heavy atom. The van der Waals surface area contributed by atoms with Gasteiger partial charge >= 0.3 is 0 Å². The number of carbonyl (C=O) groups is 1. The molecule has 130 valence electrons. The van der Waals surface area contributed by atoms with Crippen LogP contribution in [0.3, 0.4) is 0 Å². The summed E-state index contributed by atoms with van der Waals surface area (Å²) >= 11 is 0. The zero-order chi connectivity index (χ0) is 18.4. The second kappa shape index (κ2) is 7.99. The Bertz CT molecular complexity index is 905. The van der Waals surface area contributed by atoms with Crippen molar-refractivity contribution in [1.29, 1.82) is 0 Å². The smallest absolute Gasteiger partial charge is 0.167 e. The molecule has 3 aromatic carbocycles. The molecule has 0 radical (unpaired) electrons. The fourth-order valence-electron chi connectivity index (χ4n) is 2.78. The van der Waals surface area contributed by atoms with Gasteiger partial charge in [-0.05, 0) is 0 Å². The zero-order valence-electron chi connectivity index (χ0n) is 14.2. The van der Waals surface area contributed by atoms with Crippen molar-refractivity contribution in [1.82, 2.24) is 0 Å². The number of ketones is 1. The lowest BCUT2D eigenvalue weighted by Gasteiger charge is -2.18. The Morgan fingerprint density at radius 3 is 1.65 bits per heavy atom. The first-order chi connectivity index (χ1) is 12.6. The van der Waals surface area contributed by atoms with E-state index >= 15 is 0 Å². The average Bonchev–Trinajstić information content (AvgIpc) is 2.70. The number of allylic oxidation sites excluding steroid dienone is 1. The molecule has 3 nitrogen and oxygen atoms in total. The number of hydrogen-bond acceptors (Lipinski definition) is 3. The van der Waals surface area contributed by atoms with E-state index in [1.165, 1.54) is 0 Å². The van der Waals surface area contributed by atoms with E-state index in [9.17, 15) is 14.5 Å². The van der Waals surface area contributed by atoms with Gasteiger partial charge in [0, 0.05) is 22.2 Å². The fraction of sp³-hybridized carbons (Fsp3) is 0.0455. The lowest BCUT2D eigenvalue weighted by Crippen LogP contribution is -2.21. The minimum Gasteiger partial charge on any atom is -0.507 e. The zero-order valence-corrected chi connectivity index (χ0v) is 15.1. The standard InChI is InChI=1S/C22H19O3P/c23-19(16-22(24)18-10-4-1-5-11-18)17-26(25,20-12-6-2-7-13-20)21-14-8-3-9-15-21/h1-16,24H,17H2. The molecule has 0 saturated carbocycles. The van der Waals surface area contributed by atoms with Gasteiger partial charge in [0.1, 0.15) is 5.76 Å². The third-order valence-corrected chi connectivity index (χ3v) is 7.11. The number of carbonyl (C=O) groups excluding carboxylic acids is 1. The molecule has 1 N–H and O–H groups in total. The van der Waals surface area contributed by atoms with Crippen LogP contribution in [0.1, 0.15) is 5.56 Å². The highest BCUT2D eigenvalue weighted by Crippen LogP contribution is 2.43. The molecule has 0 aromatic heterocycles. The molecular formula is C22H19O3P. The van der Waals surface area contributed by atoms with E-state index in [1.54, 1.807) is 48.5 Å². The Balaban J connectivity index is 1.95. The predicted molar refractivity (Wildman–Crippen MR) is 107 cm³/mol. The number of aliphatic hydroxyl groups excluding tert-OH is 1. The summed E-state index contributed by atoms with van der Waals surface area (Å²) in [5, 5.41) is 11.4. The Hall–Kier alpha value is -2.90. The lowest BCUT2D eigenvalue weighted by molar-refractivity contribution is -0.112.